The third-order valence-corrected chi connectivity index (χ3v) is 4.44. The predicted octanol–water partition coefficient (Wildman–Crippen LogP) is 3.52. The summed E-state index contributed by atoms with van der Waals surface area (Å²) in [7, 11) is 0. The summed E-state index contributed by atoms with van der Waals surface area (Å²) in [6.07, 6.45) is 1.63. The number of urea groups is 1. The Kier molecular flexibility index (Phi) is 4.42. The Hall–Kier alpha value is -2.22. The van der Waals surface area contributed by atoms with E-state index in [9.17, 15) is 14.0 Å². The van der Waals surface area contributed by atoms with E-state index in [4.69, 9.17) is 0 Å². The normalized spacial score (nSPS) is 16.1. The number of hydrogen-bond acceptors (Lipinski definition) is 2. The highest BCUT2D eigenvalue weighted by Crippen LogP contribution is 2.20. The molecule has 1 N–H and O–H groups in total. The monoisotopic (exact) mass is 422 g/mol. The molecule has 1 aliphatic rings. The van der Waals surface area contributed by atoms with E-state index in [1.165, 1.54) is 6.07 Å². The van der Waals surface area contributed by atoms with Crippen molar-refractivity contribution in [1.82, 2.24) is 10.2 Å². The first-order valence-electron chi connectivity index (χ1n) is 6.89. The highest BCUT2D eigenvalue weighted by molar-refractivity contribution is 14.1. The summed E-state index contributed by atoms with van der Waals surface area (Å²) < 4.78 is 14.7. The van der Waals surface area contributed by atoms with Crippen LogP contribution in [0.4, 0.5) is 9.18 Å². The minimum Gasteiger partial charge on any atom is -0.303 e. The standard InChI is InChI=1S/C17H12FIN2O2/c18-13-7-3-1-6-12(13)10-21-16(22)15(20-17(21)23)9-11-5-2-4-8-14(11)19/h1-9H,10H2,(H,20,23)/b15-9-. The quantitative estimate of drug-likeness (QED) is 0.468. The predicted molar refractivity (Wildman–Crippen MR) is 92.6 cm³/mol. The van der Waals surface area contributed by atoms with Gasteiger partial charge in [0.1, 0.15) is 11.5 Å². The zero-order valence-corrected chi connectivity index (χ0v) is 14.1. The fraction of sp³-hybridized carbons (Fsp3) is 0.0588. The molecule has 23 heavy (non-hydrogen) atoms. The van der Waals surface area contributed by atoms with E-state index in [2.05, 4.69) is 27.9 Å². The number of carbonyl (C=O) groups is 2. The first-order valence-corrected chi connectivity index (χ1v) is 7.96. The SMILES string of the molecule is O=C1N/C(=C\c2ccccc2I)C(=O)N1Cc1ccccc1F. The fourth-order valence-corrected chi connectivity index (χ4v) is 2.80. The maximum atomic E-state index is 13.7. The van der Waals surface area contributed by atoms with E-state index < -0.39 is 17.8 Å². The molecular formula is C17H12FIN2O2. The molecule has 2 aromatic carbocycles. The molecule has 0 radical (unpaired) electrons. The van der Waals surface area contributed by atoms with Gasteiger partial charge in [-0.25, -0.2) is 9.18 Å². The van der Waals surface area contributed by atoms with Gasteiger partial charge in [0.15, 0.2) is 0 Å². The van der Waals surface area contributed by atoms with Crippen LogP contribution in [0.2, 0.25) is 0 Å². The molecule has 0 atom stereocenters. The van der Waals surface area contributed by atoms with Crippen LogP contribution in [0.3, 0.4) is 0 Å². The summed E-state index contributed by atoms with van der Waals surface area (Å²) in [5.41, 5.74) is 1.33. The van der Waals surface area contributed by atoms with Gasteiger partial charge in [-0.05, 0) is 46.4 Å². The molecule has 1 saturated heterocycles. The third kappa shape index (κ3) is 3.26. The first-order chi connectivity index (χ1) is 11.1. The van der Waals surface area contributed by atoms with E-state index in [0.717, 1.165) is 14.0 Å². The number of hydrogen-bond donors (Lipinski definition) is 1. The molecule has 2 aromatic rings. The van der Waals surface area contributed by atoms with Crippen LogP contribution in [0.5, 0.6) is 0 Å². The van der Waals surface area contributed by atoms with E-state index >= 15 is 0 Å². The topological polar surface area (TPSA) is 49.4 Å². The van der Waals surface area contributed by atoms with Gasteiger partial charge in [0, 0.05) is 9.13 Å². The maximum absolute atomic E-state index is 13.7. The van der Waals surface area contributed by atoms with Crippen LogP contribution in [0.25, 0.3) is 6.08 Å². The number of carbonyl (C=O) groups excluding carboxylic acids is 2. The van der Waals surface area contributed by atoms with Crippen LogP contribution in [-0.4, -0.2) is 16.8 Å². The number of amides is 3. The van der Waals surface area contributed by atoms with Crippen molar-refractivity contribution in [3.05, 3.63) is 74.7 Å². The molecule has 0 unspecified atom stereocenters. The highest BCUT2D eigenvalue weighted by atomic mass is 127. The molecule has 116 valence electrons. The molecule has 0 bridgehead atoms. The Morgan fingerprint density at radius 1 is 1.09 bits per heavy atom. The number of rotatable bonds is 3. The Bertz CT molecular complexity index is 820. The summed E-state index contributed by atoms with van der Waals surface area (Å²) in [4.78, 5) is 25.4. The number of nitrogens with zero attached hydrogens (tertiary/aromatic N) is 1. The van der Waals surface area contributed by atoms with Crippen molar-refractivity contribution >= 4 is 40.6 Å². The molecule has 4 nitrogen and oxygen atoms in total. The van der Waals surface area contributed by atoms with Crippen LogP contribution in [0.1, 0.15) is 11.1 Å². The second-order valence-corrected chi connectivity index (χ2v) is 6.15. The van der Waals surface area contributed by atoms with E-state index in [0.29, 0.717) is 5.56 Å². The molecule has 6 heteroatoms. The number of imide groups is 1. The summed E-state index contributed by atoms with van der Waals surface area (Å²) in [5.74, 6) is -0.902. The largest absolute Gasteiger partial charge is 0.329 e. The molecule has 0 saturated carbocycles. The lowest BCUT2D eigenvalue weighted by Gasteiger charge is -2.12. The molecule has 1 heterocycles. The van der Waals surface area contributed by atoms with Gasteiger partial charge in [-0.15, -0.1) is 0 Å². The number of halogens is 2. The summed E-state index contributed by atoms with van der Waals surface area (Å²) in [5, 5.41) is 2.54. The van der Waals surface area contributed by atoms with Crippen LogP contribution in [-0.2, 0) is 11.3 Å². The van der Waals surface area contributed by atoms with E-state index in [1.807, 2.05) is 24.3 Å². The summed E-state index contributed by atoms with van der Waals surface area (Å²) >= 11 is 2.16. The Morgan fingerprint density at radius 2 is 1.78 bits per heavy atom. The average molecular weight is 422 g/mol. The zero-order valence-electron chi connectivity index (χ0n) is 11.9. The maximum Gasteiger partial charge on any atom is 0.329 e. The smallest absolute Gasteiger partial charge is 0.303 e. The van der Waals surface area contributed by atoms with Crippen LogP contribution in [0.15, 0.2) is 54.2 Å². The van der Waals surface area contributed by atoms with Crippen molar-refractivity contribution in [3.8, 4) is 0 Å². The molecular weight excluding hydrogens is 410 g/mol. The molecule has 0 aliphatic carbocycles. The first kappa shape index (κ1) is 15.7. The van der Waals surface area contributed by atoms with Gasteiger partial charge in [-0.1, -0.05) is 36.4 Å². The fourth-order valence-electron chi connectivity index (χ4n) is 2.26. The molecule has 1 fully saturated rings. The van der Waals surface area contributed by atoms with E-state index in [-0.39, 0.29) is 12.2 Å². The third-order valence-electron chi connectivity index (χ3n) is 3.45. The van der Waals surface area contributed by atoms with E-state index in [1.54, 1.807) is 24.3 Å². The van der Waals surface area contributed by atoms with Gasteiger partial charge in [0.05, 0.1) is 6.54 Å². The minimum absolute atomic E-state index is 0.0967. The van der Waals surface area contributed by atoms with Crippen molar-refractivity contribution in [1.29, 1.82) is 0 Å². The lowest BCUT2D eigenvalue weighted by molar-refractivity contribution is -0.123. The number of benzene rings is 2. The molecule has 0 aromatic heterocycles. The zero-order chi connectivity index (χ0) is 16.4. The van der Waals surface area contributed by atoms with Gasteiger partial charge in [0.2, 0.25) is 0 Å². The van der Waals surface area contributed by atoms with Crippen LogP contribution in [0, 0.1) is 9.39 Å². The van der Waals surface area contributed by atoms with Gasteiger partial charge >= 0.3 is 6.03 Å². The second-order valence-electron chi connectivity index (χ2n) is 4.99. The van der Waals surface area contributed by atoms with Gasteiger partial charge in [-0.2, -0.15) is 0 Å². The van der Waals surface area contributed by atoms with Crippen molar-refractivity contribution in [2.45, 2.75) is 6.54 Å². The van der Waals surface area contributed by atoms with Crippen LogP contribution >= 0.6 is 22.6 Å². The van der Waals surface area contributed by atoms with Gasteiger partial charge < -0.3 is 5.32 Å². The second kappa shape index (κ2) is 6.49. The molecule has 3 amide bonds. The van der Waals surface area contributed by atoms with Crippen molar-refractivity contribution in [2.75, 3.05) is 0 Å². The molecule has 0 spiro atoms. The Labute approximate surface area is 146 Å². The van der Waals surface area contributed by atoms with Crippen molar-refractivity contribution in [3.63, 3.8) is 0 Å². The summed E-state index contributed by atoms with van der Waals surface area (Å²) in [6.45, 7) is -0.0967. The lowest BCUT2D eigenvalue weighted by atomic mass is 10.2. The van der Waals surface area contributed by atoms with Crippen LogP contribution < -0.4 is 5.32 Å². The summed E-state index contributed by atoms with van der Waals surface area (Å²) in [6, 6.07) is 13.0. The Morgan fingerprint density at radius 3 is 2.52 bits per heavy atom. The van der Waals surface area contributed by atoms with Gasteiger partial charge in [0.25, 0.3) is 5.91 Å². The van der Waals surface area contributed by atoms with Crippen molar-refractivity contribution < 1.29 is 14.0 Å². The molecule has 1 aliphatic heterocycles. The average Bonchev–Trinajstić information content (AvgIpc) is 2.79. The lowest BCUT2D eigenvalue weighted by Crippen LogP contribution is -2.30. The Balaban J connectivity index is 1.86. The number of nitrogens with one attached hydrogen (secondary N) is 1. The van der Waals surface area contributed by atoms with Crippen molar-refractivity contribution in [2.24, 2.45) is 0 Å². The highest BCUT2D eigenvalue weighted by Gasteiger charge is 2.34. The molecule has 3 rings (SSSR count). The van der Waals surface area contributed by atoms with Gasteiger partial charge in [-0.3, -0.25) is 9.69 Å². The minimum atomic E-state index is -0.546.